The van der Waals surface area contributed by atoms with Gasteiger partial charge in [-0.25, -0.2) is 4.79 Å². The fourth-order valence-corrected chi connectivity index (χ4v) is 3.69. The van der Waals surface area contributed by atoms with Crippen LogP contribution in [0.25, 0.3) is 10.9 Å². The van der Waals surface area contributed by atoms with E-state index >= 15 is 0 Å². The molecule has 0 aliphatic carbocycles. The zero-order valence-corrected chi connectivity index (χ0v) is 16.2. The SMILES string of the molecule is Cc1cc(C(C)(C)C)ccc1OS(=O)(=O)c1ccc2[nH]c(=O)[nH]c(=O)c2c1. The maximum atomic E-state index is 12.7. The van der Waals surface area contributed by atoms with E-state index in [9.17, 15) is 18.0 Å². The number of benzene rings is 2. The van der Waals surface area contributed by atoms with Gasteiger partial charge in [-0.05, 0) is 47.7 Å². The molecule has 0 saturated carbocycles. The molecule has 3 rings (SSSR count). The monoisotopic (exact) mass is 388 g/mol. The predicted molar refractivity (Wildman–Crippen MR) is 103 cm³/mol. The van der Waals surface area contributed by atoms with Crippen LogP contribution in [0.2, 0.25) is 0 Å². The molecule has 142 valence electrons. The number of hydrogen-bond acceptors (Lipinski definition) is 5. The number of aromatic nitrogens is 2. The molecule has 8 heteroatoms. The second-order valence-corrected chi connectivity index (χ2v) is 8.93. The lowest BCUT2D eigenvalue weighted by atomic mass is 9.86. The van der Waals surface area contributed by atoms with Crippen LogP contribution in [-0.4, -0.2) is 18.4 Å². The quantitative estimate of drug-likeness (QED) is 0.670. The topological polar surface area (TPSA) is 109 Å². The minimum atomic E-state index is -4.15. The van der Waals surface area contributed by atoms with Crippen LogP contribution >= 0.6 is 0 Å². The van der Waals surface area contributed by atoms with Crippen LogP contribution in [0, 0.1) is 6.92 Å². The van der Waals surface area contributed by atoms with Crippen LogP contribution in [0.1, 0.15) is 31.9 Å². The number of aromatic amines is 2. The highest BCUT2D eigenvalue weighted by atomic mass is 32.2. The number of aryl methyl sites for hydroxylation is 1. The van der Waals surface area contributed by atoms with E-state index in [4.69, 9.17) is 4.18 Å². The lowest BCUT2D eigenvalue weighted by molar-refractivity contribution is 0.483. The van der Waals surface area contributed by atoms with Gasteiger partial charge >= 0.3 is 15.8 Å². The molecule has 0 unspecified atom stereocenters. The molecule has 0 radical (unpaired) electrons. The minimum absolute atomic E-state index is 0.0547. The molecule has 0 aliphatic heterocycles. The summed E-state index contributed by atoms with van der Waals surface area (Å²) in [5, 5.41) is 0.0547. The molecule has 27 heavy (non-hydrogen) atoms. The van der Waals surface area contributed by atoms with Crippen LogP contribution in [0.15, 0.2) is 50.9 Å². The molecule has 0 saturated heterocycles. The van der Waals surface area contributed by atoms with Gasteiger partial charge in [0, 0.05) is 0 Å². The number of hydrogen-bond donors (Lipinski definition) is 2. The first-order valence-corrected chi connectivity index (χ1v) is 9.70. The maximum absolute atomic E-state index is 12.7. The normalized spacial score (nSPS) is 12.3. The average Bonchev–Trinajstić information content (AvgIpc) is 2.55. The van der Waals surface area contributed by atoms with E-state index in [-0.39, 0.29) is 27.0 Å². The average molecular weight is 388 g/mol. The van der Waals surface area contributed by atoms with E-state index in [1.165, 1.54) is 18.2 Å². The molecule has 2 aromatic carbocycles. The van der Waals surface area contributed by atoms with E-state index < -0.39 is 21.4 Å². The number of H-pyrrole nitrogens is 2. The summed E-state index contributed by atoms with van der Waals surface area (Å²) in [5.41, 5.74) is 0.595. The Labute approximate surface area is 156 Å². The zero-order valence-electron chi connectivity index (χ0n) is 15.4. The molecule has 0 bridgehead atoms. The van der Waals surface area contributed by atoms with Crippen molar-refractivity contribution in [3.05, 3.63) is 68.4 Å². The van der Waals surface area contributed by atoms with E-state index in [0.717, 1.165) is 5.56 Å². The third kappa shape index (κ3) is 3.80. The van der Waals surface area contributed by atoms with Gasteiger partial charge in [-0.3, -0.25) is 9.78 Å². The van der Waals surface area contributed by atoms with Crippen molar-refractivity contribution >= 4 is 21.0 Å². The molecule has 1 heterocycles. The highest BCUT2D eigenvalue weighted by molar-refractivity contribution is 7.87. The Balaban J connectivity index is 2.01. The van der Waals surface area contributed by atoms with Gasteiger partial charge in [-0.15, -0.1) is 0 Å². The van der Waals surface area contributed by atoms with E-state index in [0.29, 0.717) is 5.56 Å². The van der Waals surface area contributed by atoms with Crippen molar-refractivity contribution in [2.24, 2.45) is 0 Å². The van der Waals surface area contributed by atoms with Crippen LogP contribution in [0.4, 0.5) is 0 Å². The van der Waals surface area contributed by atoms with Crippen molar-refractivity contribution in [1.82, 2.24) is 9.97 Å². The lowest BCUT2D eigenvalue weighted by Gasteiger charge is -2.20. The number of fused-ring (bicyclic) bond motifs is 1. The predicted octanol–water partition coefficient (Wildman–Crippen LogP) is 2.59. The first kappa shape index (κ1) is 18.9. The molecular formula is C19H20N2O5S. The van der Waals surface area contributed by atoms with Crippen molar-refractivity contribution in [3.63, 3.8) is 0 Å². The van der Waals surface area contributed by atoms with Crippen molar-refractivity contribution in [3.8, 4) is 5.75 Å². The minimum Gasteiger partial charge on any atom is -0.379 e. The van der Waals surface area contributed by atoms with Crippen molar-refractivity contribution in [2.75, 3.05) is 0 Å². The first-order chi connectivity index (χ1) is 12.5. The molecule has 7 nitrogen and oxygen atoms in total. The molecule has 0 amide bonds. The van der Waals surface area contributed by atoms with E-state index in [2.05, 4.69) is 30.7 Å². The Kier molecular flexibility index (Phi) is 4.47. The summed E-state index contributed by atoms with van der Waals surface area (Å²) >= 11 is 0. The molecule has 1 aromatic heterocycles. The third-order valence-corrected chi connectivity index (χ3v) is 5.47. The smallest absolute Gasteiger partial charge is 0.339 e. The second-order valence-electron chi connectivity index (χ2n) is 7.38. The Morgan fingerprint density at radius 1 is 0.963 bits per heavy atom. The Bertz CT molecular complexity index is 1250. The summed E-state index contributed by atoms with van der Waals surface area (Å²) < 4.78 is 30.6. The maximum Gasteiger partial charge on any atom is 0.339 e. The Hall–Kier alpha value is -2.87. The fraction of sp³-hybridized carbons (Fsp3) is 0.263. The molecule has 0 fully saturated rings. The van der Waals surface area contributed by atoms with E-state index in [1.807, 2.05) is 12.1 Å². The number of nitrogens with one attached hydrogen (secondary N) is 2. The van der Waals surface area contributed by atoms with Crippen LogP contribution in [0.5, 0.6) is 5.75 Å². The van der Waals surface area contributed by atoms with Gasteiger partial charge in [0.2, 0.25) is 0 Å². The standard InChI is InChI=1S/C19H20N2O5S/c1-11-9-12(19(2,3)4)5-8-16(11)26-27(24,25)13-6-7-15-14(10-13)17(22)21-18(23)20-15/h5-10H,1-4H3,(H2,20,21,22,23). The highest BCUT2D eigenvalue weighted by Gasteiger charge is 2.21. The highest BCUT2D eigenvalue weighted by Crippen LogP contribution is 2.29. The summed E-state index contributed by atoms with van der Waals surface area (Å²) in [6.45, 7) is 7.97. The Morgan fingerprint density at radius 3 is 2.30 bits per heavy atom. The van der Waals surface area contributed by atoms with Crippen molar-refractivity contribution in [2.45, 2.75) is 38.0 Å². The van der Waals surface area contributed by atoms with Gasteiger partial charge in [-0.1, -0.05) is 32.9 Å². The van der Waals surface area contributed by atoms with Gasteiger partial charge in [0.05, 0.1) is 10.9 Å². The summed E-state index contributed by atoms with van der Waals surface area (Å²) in [5.74, 6) is 0.221. The summed E-state index contributed by atoms with van der Waals surface area (Å²) in [6, 6.07) is 9.16. The second kappa shape index (κ2) is 6.38. The third-order valence-electron chi connectivity index (χ3n) is 4.24. The van der Waals surface area contributed by atoms with Gasteiger partial charge in [0.1, 0.15) is 10.6 Å². The summed E-state index contributed by atoms with van der Waals surface area (Å²) in [4.78, 5) is 27.6. The molecular weight excluding hydrogens is 368 g/mol. The molecule has 3 aromatic rings. The van der Waals surface area contributed by atoms with Crippen LogP contribution < -0.4 is 15.4 Å². The first-order valence-electron chi connectivity index (χ1n) is 8.29. The van der Waals surface area contributed by atoms with Gasteiger partial charge in [-0.2, -0.15) is 8.42 Å². The lowest BCUT2D eigenvalue weighted by Crippen LogP contribution is -2.22. The molecule has 0 aliphatic rings. The molecule has 0 atom stereocenters. The van der Waals surface area contributed by atoms with Crippen LogP contribution in [-0.2, 0) is 15.5 Å². The number of rotatable bonds is 3. The summed E-state index contributed by atoms with van der Waals surface area (Å²) in [6.07, 6.45) is 0. The zero-order chi connectivity index (χ0) is 20.0. The molecule has 0 spiro atoms. The molecule has 2 N–H and O–H groups in total. The largest absolute Gasteiger partial charge is 0.379 e. The van der Waals surface area contributed by atoms with Gasteiger partial charge in [0.25, 0.3) is 5.56 Å². The van der Waals surface area contributed by atoms with Gasteiger partial charge in [0.15, 0.2) is 0 Å². The van der Waals surface area contributed by atoms with Crippen LogP contribution in [0.3, 0.4) is 0 Å². The fourth-order valence-electron chi connectivity index (χ4n) is 2.68. The van der Waals surface area contributed by atoms with Crippen molar-refractivity contribution < 1.29 is 12.6 Å². The van der Waals surface area contributed by atoms with Crippen molar-refractivity contribution in [1.29, 1.82) is 0 Å². The summed E-state index contributed by atoms with van der Waals surface area (Å²) in [7, 11) is -4.15. The Morgan fingerprint density at radius 2 is 1.67 bits per heavy atom. The van der Waals surface area contributed by atoms with Gasteiger partial charge < -0.3 is 9.17 Å². The van der Waals surface area contributed by atoms with E-state index in [1.54, 1.807) is 13.0 Å².